The first-order chi connectivity index (χ1) is 15.9. The second-order valence-corrected chi connectivity index (χ2v) is 7.91. The number of benzene rings is 3. The van der Waals surface area contributed by atoms with E-state index in [-0.39, 0.29) is 29.2 Å². The van der Waals surface area contributed by atoms with Crippen LogP contribution in [0.5, 0.6) is 0 Å². The summed E-state index contributed by atoms with van der Waals surface area (Å²) in [4.78, 5) is 28.3. The third-order valence-electron chi connectivity index (χ3n) is 5.58. The molecule has 4 rings (SSSR count). The molecular formula is C26H24N4O3. The van der Waals surface area contributed by atoms with Crippen molar-refractivity contribution in [1.82, 2.24) is 10.3 Å². The molecule has 1 amide bonds. The Hall–Kier alpha value is -4.26. The minimum atomic E-state index is -0.489. The van der Waals surface area contributed by atoms with E-state index in [2.05, 4.69) is 15.6 Å². The predicted octanol–water partition coefficient (Wildman–Crippen LogP) is 5.81. The molecule has 2 unspecified atom stereocenters. The number of nitro groups is 1. The van der Waals surface area contributed by atoms with Crippen LogP contribution in [0.1, 0.15) is 47.5 Å². The highest BCUT2D eigenvalue weighted by Crippen LogP contribution is 2.29. The third kappa shape index (κ3) is 4.98. The number of anilines is 1. The first-order valence-electron chi connectivity index (χ1n) is 10.7. The van der Waals surface area contributed by atoms with Crippen LogP contribution in [0, 0.1) is 10.1 Å². The fourth-order valence-electron chi connectivity index (χ4n) is 3.73. The fourth-order valence-corrected chi connectivity index (χ4v) is 3.73. The van der Waals surface area contributed by atoms with E-state index in [9.17, 15) is 14.9 Å². The Balaban J connectivity index is 1.52. The number of rotatable bonds is 7. The molecule has 0 saturated heterocycles. The molecule has 0 aliphatic rings. The number of aromatic nitrogens is 1. The second-order valence-electron chi connectivity index (χ2n) is 7.91. The average molecular weight is 441 g/mol. The van der Waals surface area contributed by atoms with Crippen LogP contribution in [0.3, 0.4) is 0 Å². The Morgan fingerprint density at radius 2 is 1.67 bits per heavy atom. The normalized spacial score (nSPS) is 12.7. The zero-order valence-electron chi connectivity index (χ0n) is 18.4. The lowest BCUT2D eigenvalue weighted by Crippen LogP contribution is -2.26. The zero-order chi connectivity index (χ0) is 23.4. The molecule has 2 atom stereocenters. The zero-order valence-corrected chi connectivity index (χ0v) is 18.4. The summed E-state index contributed by atoms with van der Waals surface area (Å²) in [6.07, 6.45) is 1.67. The van der Waals surface area contributed by atoms with E-state index in [4.69, 9.17) is 0 Å². The lowest BCUT2D eigenvalue weighted by molar-refractivity contribution is -0.384. The number of nitrogens with one attached hydrogen (secondary N) is 2. The van der Waals surface area contributed by atoms with Crippen molar-refractivity contribution in [3.8, 4) is 0 Å². The maximum Gasteiger partial charge on any atom is 0.293 e. The van der Waals surface area contributed by atoms with Crippen LogP contribution >= 0.6 is 0 Å². The van der Waals surface area contributed by atoms with Crippen LogP contribution in [0.4, 0.5) is 11.4 Å². The monoisotopic (exact) mass is 440 g/mol. The van der Waals surface area contributed by atoms with Gasteiger partial charge in [-0.3, -0.25) is 19.9 Å². The number of hydrogen-bond donors (Lipinski definition) is 2. The molecule has 33 heavy (non-hydrogen) atoms. The molecule has 4 aromatic rings. The summed E-state index contributed by atoms with van der Waals surface area (Å²) >= 11 is 0. The molecule has 0 fully saturated rings. The highest BCUT2D eigenvalue weighted by molar-refractivity contribution is 5.96. The largest absolute Gasteiger partial charge is 0.371 e. The average Bonchev–Trinajstić information content (AvgIpc) is 2.84. The minimum Gasteiger partial charge on any atom is -0.371 e. The highest BCUT2D eigenvalue weighted by Gasteiger charge is 2.20. The molecule has 2 N–H and O–H groups in total. The Morgan fingerprint density at radius 3 is 2.39 bits per heavy atom. The van der Waals surface area contributed by atoms with Crippen molar-refractivity contribution in [1.29, 1.82) is 0 Å². The molecule has 0 spiro atoms. The van der Waals surface area contributed by atoms with Gasteiger partial charge in [0.05, 0.1) is 22.7 Å². The fraction of sp³-hybridized carbons (Fsp3) is 0.154. The van der Waals surface area contributed by atoms with Crippen molar-refractivity contribution in [2.24, 2.45) is 0 Å². The van der Waals surface area contributed by atoms with E-state index in [0.29, 0.717) is 5.69 Å². The van der Waals surface area contributed by atoms with Crippen LogP contribution in [0.2, 0.25) is 0 Å². The molecule has 1 heterocycles. The maximum absolute atomic E-state index is 12.9. The van der Waals surface area contributed by atoms with Crippen LogP contribution in [-0.2, 0) is 0 Å². The first-order valence-corrected chi connectivity index (χ1v) is 10.7. The van der Waals surface area contributed by atoms with Crippen molar-refractivity contribution < 1.29 is 9.72 Å². The molecule has 0 saturated carbocycles. The summed E-state index contributed by atoms with van der Waals surface area (Å²) in [5.74, 6) is -0.372. The summed E-state index contributed by atoms with van der Waals surface area (Å²) < 4.78 is 0. The summed E-state index contributed by atoms with van der Waals surface area (Å²) in [5.41, 5.74) is 2.11. The number of amides is 1. The third-order valence-corrected chi connectivity index (χ3v) is 5.58. The van der Waals surface area contributed by atoms with Gasteiger partial charge in [0.1, 0.15) is 5.69 Å². The summed E-state index contributed by atoms with van der Waals surface area (Å²) in [5, 5.41) is 20.0. The van der Waals surface area contributed by atoms with Crippen molar-refractivity contribution in [3.63, 3.8) is 0 Å². The molecule has 0 aliphatic heterocycles. The second kappa shape index (κ2) is 9.48. The number of nitro benzene ring substituents is 1. The molecule has 3 aromatic carbocycles. The number of nitrogens with zero attached hydrogens (tertiary/aromatic N) is 2. The van der Waals surface area contributed by atoms with E-state index in [1.807, 2.05) is 74.5 Å². The van der Waals surface area contributed by atoms with Gasteiger partial charge in [-0.2, -0.15) is 0 Å². The number of carbonyl (C=O) groups is 1. The van der Waals surface area contributed by atoms with Gasteiger partial charge in [0.2, 0.25) is 0 Å². The van der Waals surface area contributed by atoms with Crippen molar-refractivity contribution in [3.05, 3.63) is 112 Å². The first kappa shape index (κ1) is 22.0. The van der Waals surface area contributed by atoms with Gasteiger partial charge < -0.3 is 10.6 Å². The van der Waals surface area contributed by atoms with Crippen LogP contribution < -0.4 is 10.6 Å². The number of pyridine rings is 1. The summed E-state index contributed by atoms with van der Waals surface area (Å²) in [7, 11) is 0. The standard InChI is InChI=1S/C26H24N4O3/c1-17(20-11-10-19-7-3-4-8-21(19)15-20)29-26(31)22-12-13-24(25(16-22)30(32)33)28-18(2)23-9-5-6-14-27-23/h3-18,28H,1-2H3,(H,29,31). The van der Waals surface area contributed by atoms with Gasteiger partial charge in [0.15, 0.2) is 0 Å². The number of carbonyl (C=O) groups excluding carboxylic acids is 1. The van der Waals surface area contributed by atoms with E-state index in [1.54, 1.807) is 18.3 Å². The molecule has 0 radical (unpaired) electrons. The van der Waals surface area contributed by atoms with Crippen LogP contribution in [-0.4, -0.2) is 15.8 Å². The predicted molar refractivity (Wildman–Crippen MR) is 129 cm³/mol. The summed E-state index contributed by atoms with van der Waals surface area (Å²) in [6, 6.07) is 23.5. The van der Waals surface area contributed by atoms with Gasteiger partial charge >= 0.3 is 0 Å². The Bertz CT molecular complexity index is 1310. The van der Waals surface area contributed by atoms with Crippen molar-refractivity contribution in [2.45, 2.75) is 25.9 Å². The SMILES string of the molecule is CC(NC(=O)c1ccc(NC(C)c2ccccn2)c([N+](=O)[O-])c1)c1ccc2ccccc2c1. The lowest BCUT2D eigenvalue weighted by atomic mass is 10.0. The molecular weight excluding hydrogens is 416 g/mol. The molecule has 7 nitrogen and oxygen atoms in total. The van der Waals surface area contributed by atoms with Gasteiger partial charge in [-0.25, -0.2) is 0 Å². The smallest absolute Gasteiger partial charge is 0.293 e. The Kier molecular flexibility index (Phi) is 6.31. The van der Waals surface area contributed by atoms with Gasteiger partial charge in [-0.05, 0) is 60.5 Å². The van der Waals surface area contributed by atoms with E-state index in [0.717, 1.165) is 22.0 Å². The lowest BCUT2D eigenvalue weighted by Gasteiger charge is -2.17. The van der Waals surface area contributed by atoms with Crippen LogP contribution in [0.25, 0.3) is 10.8 Å². The van der Waals surface area contributed by atoms with Gasteiger partial charge in [-0.1, -0.05) is 42.5 Å². The molecule has 7 heteroatoms. The maximum atomic E-state index is 12.9. The number of fused-ring (bicyclic) bond motifs is 1. The molecule has 166 valence electrons. The molecule has 0 aliphatic carbocycles. The Morgan fingerprint density at radius 1 is 0.909 bits per heavy atom. The van der Waals surface area contributed by atoms with E-state index >= 15 is 0 Å². The van der Waals surface area contributed by atoms with Gasteiger partial charge in [0, 0.05) is 17.8 Å². The van der Waals surface area contributed by atoms with Crippen LogP contribution in [0.15, 0.2) is 85.1 Å². The quantitative estimate of drug-likeness (QED) is 0.279. The Labute approximate surface area is 191 Å². The summed E-state index contributed by atoms with van der Waals surface area (Å²) in [6.45, 7) is 3.76. The molecule has 1 aromatic heterocycles. The minimum absolute atomic E-state index is 0.163. The number of hydrogen-bond acceptors (Lipinski definition) is 5. The van der Waals surface area contributed by atoms with E-state index in [1.165, 1.54) is 6.07 Å². The van der Waals surface area contributed by atoms with Gasteiger partial charge in [-0.15, -0.1) is 0 Å². The highest BCUT2D eigenvalue weighted by atomic mass is 16.6. The van der Waals surface area contributed by atoms with Crippen molar-refractivity contribution >= 4 is 28.1 Å². The van der Waals surface area contributed by atoms with Crippen molar-refractivity contribution in [2.75, 3.05) is 5.32 Å². The molecule has 0 bridgehead atoms. The van der Waals surface area contributed by atoms with Gasteiger partial charge in [0.25, 0.3) is 11.6 Å². The topological polar surface area (TPSA) is 97.2 Å². The van der Waals surface area contributed by atoms with E-state index < -0.39 is 4.92 Å².